The van der Waals surface area contributed by atoms with Crippen LogP contribution in [0.5, 0.6) is 0 Å². The minimum absolute atomic E-state index is 0.0505. The van der Waals surface area contributed by atoms with Gasteiger partial charge in [0.1, 0.15) is 0 Å². The highest BCUT2D eigenvalue weighted by Gasteiger charge is 2.19. The SMILES string of the molecule is CSc1cccc2sc(N(CCN(C)C)C(=O)/C=C/c3ccccc3)nc12. The second kappa shape index (κ2) is 9.17. The van der Waals surface area contributed by atoms with Crippen molar-refractivity contribution in [3.05, 3.63) is 60.2 Å². The third kappa shape index (κ3) is 4.97. The predicted octanol–water partition coefficient (Wildman–Crippen LogP) is 4.63. The maximum atomic E-state index is 12.9. The molecule has 27 heavy (non-hydrogen) atoms. The number of thiazole rings is 1. The van der Waals surface area contributed by atoms with Crippen molar-refractivity contribution in [2.75, 3.05) is 38.3 Å². The predicted molar refractivity (Wildman–Crippen MR) is 118 cm³/mol. The zero-order valence-electron chi connectivity index (χ0n) is 15.8. The molecular formula is C21H23N3OS2. The van der Waals surface area contributed by atoms with Gasteiger partial charge in [-0.25, -0.2) is 4.98 Å². The Hall–Kier alpha value is -2.15. The zero-order chi connectivity index (χ0) is 19.2. The molecule has 0 saturated heterocycles. The van der Waals surface area contributed by atoms with Crippen LogP contribution >= 0.6 is 23.1 Å². The number of benzene rings is 2. The second-order valence-electron chi connectivity index (χ2n) is 6.34. The number of thioether (sulfide) groups is 1. The summed E-state index contributed by atoms with van der Waals surface area (Å²) in [5, 5.41) is 0.746. The first-order chi connectivity index (χ1) is 13.1. The Labute approximate surface area is 168 Å². The van der Waals surface area contributed by atoms with Crippen molar-refractivity contribution in [1.29, 1.82) is 0 Å². The molecule has 0 aliphatic heterocycles. The van der Waals surface area contributed by atoms with Crippen LogP contribution in [0.25, 0.3) is 16.3 Å². The zero-order valence-corrected chi connectivity index (χ0v) is 17.4. The van der Waals surface area contributed by atoms with Crippen LogP contribution in [0.2, 0.25) is 0 Å². The fraction of sp³-hybridized carbons (Fsp3) is 0.238. The van der Waals surface area contributed by atoms with E-state index in [-0.39, 0.29) is 5.91 Å². The third-order valence-electron chi connectivity index (χ3n) is 4.08. The van der Waals surface area contributed by atoms with E-state index >= 15 is 0 Å². The molecule has 3 rings (SSSR count). The van der Waals surface area contributed by atoms with Crippen LogP contribution in [0.15, 0.2) is 59.5 Å². The molecule has 0 spiro atoms. The van der Waals surface area contributed by atoms with Gasteiger partial charge in [0.2, 0.25) is 0 Å². The van der Waals surface area contributed by atoms with Gasteiger partial charge < -0.3 is 4.90 Å². The molecule has 1 heterocycles. The molecule has 1 aromatic heterocycles. The first-order valence-electron chi connectivity index (χ1n) is 8.71. The van der Waals surface area contributed by atoms with Crippen LogP contribution in [0.1, 0.15) is 5.56 Å². The normalized spacial score (nSPS) is 11.6. The number of carbonyl (C=O) groups is 1. The van der Waals surface area contributed by atoms with E-state index in [1.165, 1.54) is 0 Å². The lowest BCUT2D eigenvalue weighted by atomic mass is 10.2. The highest BCUT2D eigenvalue weighted by Crippen LogP contribution is 2.34. The van der Waals surface area contributed by atoms with E-state index in [2.05, 4.69) is 17.0 Å². The van der Waals surface area contributed by atoms with Crippen molar-refractivity contribution in [3.8, 4) is 0 Å². The van der Waals surface area contributed by atoms with E-state index in [9.17, 15) is 4.79 Å². The van der Waals surface area contributed by atoms with Gasteiger partial charge in [-0.15, -0.1) is 11.8 Å². The average molecular weight is 398 g/mol. The van der Waals surface area contributed by atoms with Crippen LogP contribution in [0, 0.1) is 0 Å². The standard InChI is InChI=1S/C21H23N3OS2/c1-23(2)14-15-24(19(25)13-12-16-8-5-4-6-9-16)21-22-20-17(26-3)10-7-11-18(20)27-21/h4-13H,14-15H2,1-3H3/b13-12+. The minimum atomic E-state index is -0.0505. The number of amides is 1. The summed E-state index contributed by atoms with van der Waals surface area (Å²) in [5.74, 6) is -0.0505. The van der Waals surface area contributed by atoms with Crippen LogP contribution in [0.3, 0.4) is 0 Å². The number of rotatable bonds is 7. The number of carbonyl (C=O) groups excluding carboxylic acids is 1. The number of anilines is 1. The number of fused-ring (bicyclic) bond motifs is 1. The van der Waals surface area contributed by atoms with Crippen molar-refractivity contribution in [1.82, 2.24) is 9.88 Å². The molecule has 0 atom stereocenters. The Kier molecular flexibility index (Phi) is 6.66. The summed E-state index contributed by atoms with van der Waals surface area (Å²) in [7, 11) is 4.01. The van der Waals surface area contributed by atoms with Crippen molar-refractivity contribution in [2.45, 2.75) is 4.90 Å². The van der Waals surface area contributed by atoms with Crippen LogP contribution in [-0.4, -0.2) is 49.2 Å². The van der Waals surface area contributed by atoms with E-state index in [0.717, 1.165) is 32.4 Å². The van der Waals surface area contributed by atoms with Crippen molar-refractivity contribution in [2.24, 2.45) is 0 Å². The molecule has 1 amide bonds. The summed E-state index contributed by atoms with van der Waals surface area (Å²) in [6.45, 7) is 1.37. The summed E-state index contributed by atoms with van der Waals surface area (Å²) < 4.78 is 1.10. The Morgan fingerprint density at radius 3 is 2.59 bits per heavy atom. The lowest BCUT2D eigenvalue weighted by molar-refractivity contribution is -0.114. The Morgan fingerprint density at radius 1 is 1.11 bits per heavy atom. The van der Waals surface area contributed by atoms with Crippen molar-refractivity contribution < 1.29 is 4.79 Å². The Morgan fingerprint density at radius 2 is 1.89 bits per heavy atom. The van der Waals surface area contributed by atoms with E-state index in [0.29, 0.717) is 6.54 Å². The van der Waals surface area contributed by atoms with Gasteiger partial charge in [0.25, 0.3) is 5.91 Å². The third-order valence-corrected chi connectivity index (χ3v) is 5.89. The van der Waals surface area contributed by atoms with Gasteiger partial charge >= 0.3 is 0 Å². The van der Waals surface area contributed by atoms with Crippen molar-refractivity contribution >= 4 is 50.4 Å². The van der Waals surface area contributed by atoms with Gasteiger partial charge in [-0.1, -0.05) is 47.7 Å². The van der Waals surface area contributed by atoms with Gasteiger partial charge in [-0.3, -0.25) is 9.69 Å². The maximum Gasteiger partial charge on any atom is 0.252 e. The molecule has 0 N–H and O–H groups in total. The largest absolute Gasteiger partial charge is 0.308 e. The maximum absolute atomic E-state index is 12.9. The van der Waals surface area contributed by atoms with Crippen LogP contribution < -0.4 is 4.90 Å². The lowest BCUT2D eigenvalue weighted by Crippen LogP contribution is -2.35. The molecule has 3 aromatic rings. The molecule has 0 radical (unpaired) electrons. The molecule has 0 unspecified atom stereocenters. The number of aromatic nitrogens is 1. The summed E-state index contributed by atoms with van der Waals surface area (Å²) in [6.07, 6.45) is 5.53. The molecule has 0 saturated carbocycles. The fourth-order valence-corrected chi connectivity index (χ4v) is 4.27. The first-order valence-corrected chi connectivity index (χ1v) is 10.8. The molecule has 2 aromatic carbocycles. The quantitative estimate of drug-likeness (QED) is 0.430. The number of hydrogen-bond donors (Lipinski definition) is 0. The number of likely N-dealkylation sites (N-methyl/N-ethyl adjacent to an activating group) is 1. The molecule has 140 valence electrons. The first kappa shape index (κ1) is 19.6. The van der Waals surface area contributed by atoms with Crippen molar-refractivity contribution in [3.63, 3.8) is 0 Å². The summed E-state index contributed by atoms with van der Waals surface area (Å²) in [4.78, 5) is 22.7. The molecule has 4 nitrogen and oxygen atoms in total. The minimum Gasteiger partial charge on any atom is -0.308 e. The Balaban J connectivity index is 1.91. The van der Waals surface area contributed by atoms with Gasteiger partial charge in [-0.05, 0) is 44.1 Å². The van der Waals surface area contributed by atoms with Gasteiger partial charge in [0.15, 0.2) is 5.13 Å². The lowest BCUT2D eigenvalue weighted by Gasteiger charge is -2.20. The van der Waals surface area contributed by atoms with Crippen LogP contribution in [-0.2, 0) is 4.79 Å². The van der Waals surface area contributed by atoms with E-state index in [1.807, 2.05) is 62.8 Å². The van der Waals surface area contributed by atoms with Crippen LogP contribution in [0.4, 0.5) is 5.13 Å². The Bertz CT molecular complexity index is 935. The smallest absolute Gasteiger partial charge is 0.252 e. The van der Waals surface area contributed by atoms with Gasteiger partial charge in [0.05, 0.1) is 10.2 Å². The fourth-order valence-electron chi connectivity index (χ4n) is 2.61. The van der Waals surface area contributed by atoms with E-state index in [1.54, 1.807) is 34.1 Å². The number of nitrogens with zero attached hydrogens (tertiary/aromatic N) is 3. The average Bonchev–Trinajstić information content (AvgIpc) is 3.11. The highest BCUT2D eigenvalue weighted by molar-refractivity contribution is 7.98. The van der Waals surface area contributed by atoms with Gasteiger partial charge in [0, 0.05) is 24.1 Å². The topological polar surface area (TPSA) is 36.4 Å². The van der Waals surface area contributed by atoms with E-state index in [4.69, 9.17) is 4.98 Å². The molecule has 0 bridgehead atoms. The second-order valence-corrected chi connectivity index (χ2v) is 8.20. The summed E-state index contributed by atoms with van der Waals surface area (Å²) >= 11 is 3.24. The molecule has 0 aliphatic rings. The van der Waals surface area contributed by atoms with Gasteiger partial charge in [-0.2, -0.15) is 0 Å². The molecular weight excluding hydrogens is 374 g/mol. The number of para-hydroxylation sites is 1. The number of hydrogen-bond acceptors (Lipinski definition) is 5. The molecule has 0 aliphatic carbocycles. The summed E-state index contributed by atoms with van der Waals surface area (Å²) in [5.41, 5.74) is 1.98. The molecule has 0 fully saturated rings. The summed E-state index contributed by atoms with van der Waals surface area (Å²) in [6, 6.07) is 16.0. The highest BCUT2D eigenvalue weighted by atomic mass is 32.2. The van der Waals surface area contributed by atoms with E-state index < -0.39 is 0 Å². The monoisotopic (exact) mass is 397 g/mol. The molecule has 6 heteroatoms.